The number of nitriles is 1. The molecule has 2 aromatic carbocycles. The van der Waals surface area contributed by atoms with E-state index in [-0.39, 0.29) is 0 Å². The number of nitrogens with zero attached hydrogens (tertiary/aromatic N) is 2. The van der Waals surface area contributed by atoms with Crippen molar-refractivity contribution in [3.63, 3.8) is 0 Å². The van der Waals surface area contributed by atoms with Crippen LogP contribution >= 0.6 is 0 Å². The zero-order valence-electron chi connectivity index (χ0n) is 12.7. The second kappa shape index (κ2) is 7.82. The van der Waals surface area contributed by atoms with Crippen LogP contribution in [-0.4, -0.2) is 36.3 Å². The number of likely N-dealkylation sites (N-methyl/N-ethyl adjacent to an activating group) is 1. The lowest BCUT2D eigenvalue weighted by molar-refractivity contribution is 0.131. The first-order valence-electron chi connectivity index (χ1n) is 7.02. The lowest BCUT2D eigenvalue weighted by Crippen LogP contribution is -2.37. The zero-order valence-corrected chi connectivity index (χ0v) is 12.7. The molecule has 0 aliphatic rings. The summed E-state index contributed by atoms with van der Waals surface area (Å²) in [6.07, 6.45) is 0. The quantitative estimate of drug-likeness (QED) is 0.656. The maximum Gasteiger partial charge on any atom is 0.340 e. The SMILES string of the molecule is CN(CCOc1ccc(-c2ccc(C#N)cc2)cc1)C(=O)NO. The Bertz CT molecular complexity index is 691. The Balaban J connectivity index is 1.91. The van der Waals surface area contributed by atoms with E-state index in [1.54, 1.807) is 24.7 Å². The van der Waals surface area contributed by atoms with Gasteiger partial charge in [0.1, 0.15) is 12.4 Å². The van der Waals surface area contributed by atoms with Crippen LogP contribution in [-0.2, 0) is 0 Å². The molecule has 0 unspecified atom stereocenters. The fourth-order valence-electron chi connectivity index (χ4n) is 1.97. The number of hydroxylamine groups is 1. The van der Waals surface area contributed by atoms with Gasteiger partial charge < -0.3 is 9.64 Å². The number of benzene rings is 2. The number of amides is 2. The molecular weight excluding hydrogens is 294 g/mol. The molecule has 0 heterocycles. The van der Waals surface area contributed by atoms with Gasteiger partial charge in [-0.05, 0) is 35.4 Å². The highest BCUT2D eigenvalue weighted by molar-refractivity contribution is 5.72. The number of hydrogen-bond donors (Lipinski definition) is 2. The topological polar surface area (TPSA) is 85.6 Å². The second-order valence-corrected chi connectivity index (χ2v) is 4.90. The lowest BCUT2D eigenvalue weighted by Gasteiger charge is -2.16. The minimum absolute atomic E-state index is 0.320. The van der Waals surface area contributed by atoms with Crippen molar-refractivity contribution in [3.05, 3.63) is 54.1 Å². The Labute approximate surface area is 134 Å². The number of nitrogens with one attached hydrogen (secondary N) is 1. The van der Waals surface area contributed by atoms with Crippen LogP contribution < -0.4 is 10.2 Å². The Morgan fingerprint density at radius 2 is 1.74 bits per heavy atom. The van der Waals surface area contributed by atoms with Crippen molar-refractivity contribution in [2.45, 2.75) is 0 Å². The molecule has 6 heteroatoms. The molecular formula is C17H17N3O3. The summed E-state index contributed by atoms with van der Waals surface area (Å²) in [6, 6.07) is 16.4. The van der Waals surface area contributed by atoms with E-state index >= 15 is 0 Å². The van der Waals surface area contributed by atoms with Crippen LogP contribution in [0.25, 0.3) is 11.1 Å². The molecule has 0 atom stereocenters. The highest BCUT2D eigenvalue weighted by Crippen LogP contribution is 2.22. The van der Waals surface area contributed by atoms with Gasteiger partial charge in [0.2, 0.25) is 0 Å². The largest absolute Gasteiger partial charge is 0.492 e. The summed E-state index contributed by atoms with van der Waals surface area (Å²) in [5.41, 5.74) is 4.24. The summed E-state index contributed by atoms with van der Waals surface area (Å²) in [5.74, 6) is 0.695. The highest BCUT2D eigenvalue weighted by Gasteiger charge is 2.06. The molecule has 6 nitrogen and oxygen atoms in total. The van der Waals surface area contributed by atoms with Crippen LogP contribution in [0.15, 0.2) is 48.5 Å². The van der Waals surface area contributed by atoms with E-state index in [0.29, 0.717) is 24.5 Å². The summed E-state index contributed by atoms with van der Waals surface area (Å²) in [6.45, 7) is 0.671. The molecule has 0 aliphatic carbocycles. The van der Waals surface area contributed by atoms with Gasteiger partial charge in [-0.3, -0.25) is 5.21 Å². The Kier molecular flexibility index (Phi) is 5.56. The molecule has 118 valence electrons. The number of hydrogen-bond acceptors (Lipinski definition) is 4. The number of urea groups is 1. The third kappa shape index (κ3) is 4.46. The summed E-state index contributed by atoms with van der Waals surface area (Å²) in [4.78, 5) is 12.4. The van der Waals surface area contributed by atoms with Crippen molar-refractivity contribution in [2.75, 3.05) is 20.2 Å². The fourth-order valence-corrected chi connectivity index (χ4v) is 1.97. The van der Waals surface area contributed by atoms with E-state index in [1.165, 1.54) is 4.90 Å². The molecule has 23 heavy (non-hydrogen) atoms. The van der Waals surface area contributed by atoms with Gasteiger partial charge in [-0.25, -0.2) is 10.3 Å². The average molecular weight is 311 g/mol. The number of carbonyl (C=O) groups excluding carboxylic acids is 1. The Morgan fingerprint density at radius 1 is 1.17 bits per heavy atom. The van der Waals surface area contributed by atoms with Gasteiger partial charge in [0.05, 0.1) is 18.2 Å². The van der Waals surface area contributed by atoms with Crippen LogP contribution in [0.3, 0.4) is 0 Å². The predicted molar refractivity (Wildman–Crippen MR) is 85.0 cm³/mol. The maximum absolute atomic E-state index is 11.1. The lowest BCUT2D eigenvalue weighted by atomic mass is 10.0. The summed E-state index contributed by atoms with van der Waals surface area (Å²) in [5, 5.41) is 17.3. The number of rotatable bonds is 5. The monoisotopic (exact) mass is 311 g/mol. The molecule has 2 N–H and O–H groups in total. The summed E-state index contributed by atoms with van der Waals surface area (Å²) in [7, 11) is 1.56. The third-order valence-corrected chi connectivity index (χ3v) is 3.34. The molecule has 0 aliphatic heterocycles. The zero-order chi connectivity index (χ0) is 16.7. The average Bonchev–Trinajstić information content (AvgIpc) is 2.61. The third-order valence-electron chi connectivity index (χ3n) is 3.34. The standard InChI is InChI=1S/C17H17N3O3/c1-20(17(21)19-22)10-11-23-16-8-6-15(7-9-16)14-4-2-13(12-18)3-5-14/h2-9,22H,10-11H2,1H3,(H,19,21). The summed E-state index contributed by atoms with van der Waals surface area (Å²) < 4.78 is 5.55. The van der Waals surface area contributed by atoms with E-state index < -0.39 is 6.03 Å². The molecule has 2 amide bonds. The van der Waals surface area contributed by atoms with Gasteiger partial charge in [0.15, 0.2) is 0 Å². The van der Waals surface area contributed by atoms with Crippen molar-refractivity contribution >= 4 is 6.03 Å². The van der Waals surface area contributed by atoms with Crippen molar-refractivity contribution < 1.29 is 14.7 Å². The molecule has 0 bridgehead atoms. The molecule has 0 spiro atoms. The molecule has 0 saturated carbocycles. The predicted octanol–water partition coefficient (Wildman–Crippen LogP) is 2.63. The van der Waals surface area contributed by atoms with E-state index in [2.05, 4.69) is 6.07 Å². The Morgan fingerprint density at radius 3 is 2.26 bits per heavy atom. The van der Waals surface area contributed by atoms with E-state index in [0.717, 1.165) is 11.1 Å². The van der Waals surface area contributed by atoms with Crippen LogP contribution in [0.1, 0.15) is 5.56 Å². The van der Waals surface area contributed by atoms with Crippen molar-refractivity contribution in [1.29, 1.82) is 5.26 Å². The first-order valence-corrected chi connectivity index (χ1v) is 7.02. The summed E-state index contributed by atoms with van der Waals surface area (Å²) >= 11 is 0. The van der Waals surface area contributed by atoms with Crippen molar-refractivity contribution in [3.8, 4) is 22.9 Å². The Hall–Kier alpha value is -3.04. The van der Waals surface area contributed by atoms with Crippen LogP contribution in [0.5, 0.6) is 5.75 Å². The number of carbonyl (C=O) groups is 1. The fraction of sp³-hybridized carbons (Fsp3) is 0.176. The van der Waals surface area contributed by atoms with E-state index in [1.807, 2.05) is 36.4 Å². The first kappa shape index (κ1) is 16.3. The van der Waals surface area contributed by atoms with Gasteiger partial charge in [0.25, 0.3) is 0 Å². The molecule has 0 radical (unpaired) electrons. The van der Waals surface area contributed by atoms with Crippen LogP contribution in [0, 0.1) is 11.3 Å². The minimum Gasteiger partial charge on any atom is -0.492 e. The molecule has 2 aromatic rings. The second-order valence-electron chi connectivity index (χ2n) is 4.90. The van der Waals surface area contributed by atoms with Gasteiger partial charge in [0, 0.05) is 7.05 Å². The van der Waals surface area contributed by atoms with Crippen molar-refractivity contribution in [2.24, 2.45) is 0 Å². The molecule has 2 rings (SSSR count). The minimum atomic E-state index is -0.579. The smallest absolute Gasteiger partial charge is 0.340 e. The van der Waals surface area contributed by atoms with Gasteiger partial charge in [-0.2, -0.15) is 5.26 Å². The van der Waals surface area contributed by atoms with E-state index in [4.69, 9.17) is 15.2 Å². The van der Waals surface area contributed by atoms with Gasteiger partial charge in [-0.1, -0.05) is 24.3 Å². The van der Waals surface area contributed by atoms with Gasteiger partial charge in [-0.15, -0.1) is 0 Å². The molecule has 0 aromatic heterocycles. The molecule has 0 fully saturated rings. The van der Waals surface area contributed by atoms with Crippen LogP contribution in [0.2, 0.25) is 0 Å². The first-order chi connectivity index (χ1) is 11.1. The van der Waals surface area contributed by atoms with Crippen LogP contribution in [0.4, 0.5) is 4.79 Å². The number of ether oxygens (including phenoxy) is 1. The molecule has 0 saturated heterocycles. The highest BCUT2D eigenvalue weighted by atomic mass is 16.5. The normalized spacial score (nSPS) is 9.78. The van der Waals surface area contributed by atoms with E-state index in [9.17, 15) is 4.79 Å². The maximum atomic E-state index is 11.1. The van der Waals surface area contributed by atoms with Gasteiger partial charge >= 0.3 is 6.03 Å². The van der Waals surface area contributed by atoms with Crippen molar-refractivity contribution in [1.82, 2.24) is 10.4 Å².